The lowest BCUT2D eigenvalue weighted by atomic mass is 10.1. The van der Waals surface area contributed by atoms with Crippen molar-refractivity contribution in [3.05, 3.63) is 59.5 Å². The maximum absolute atomic E-state index is 12.6. The molecular weight excluding hydrogens is 283 g/mol. The van der Waals surface area contributed by atoms with Gasteiger partial charge < -0.3 is 9.73 Å². The van der Waals surface area contributed by atoms with Gasteiger partial charge >= 0.3 is 6.18 Å². The fourth-order valence-electron chi connectivity index (χ4n) is 1.96. The highest BCUT2D eigenvalue weighted by atomic mass is 19.4. The minimum absolute atomic E-state index is 0.0103. The van der Waals surface area contributed by atoms with Gasteiger partial charge in [0.25, 0.3) is 5.91 Å². The molecule has 3 nitrogen and oxygen atoms in total. The molecule has 1 heterocycles. The average molecular weight is 297 g/mol. The van der Waals surface area contributed by atoms with Crippen LogP contribution in [-0.2, 0) is 12.6 Å². The molecule has 1 aromatic heterocycles. The van der Waals surface area contributed by atoms with Crippen molar-refractivity contribution in [2.75, 3.05) is 0 Å². The first-order valence-corrected chi connectivity index (χ1v) is 6.35. The van der Waals surface area contributed by atoms with Crippen LogP contribution in [0.5, 0.6) is 0 Å². The van der Waals surface area contributed by atoms with Gasteiger partial charge in [0.15, 0.2) is 0 Å². The van der Waals surface area contributed by atoms with E-state index in [-0.39, 0.29) is 11.6 Å². The Morgan fingerprint density at radius 3 is 2.71 bits per heavy atom. The molecule has 0 aliphatic carbocycles. The molecule has 0 aliphatic rings. The van der Waals surface area contributed by atoms with Crippen LogP contribution < -0.4 is 5.32 Å². The zero-order valence-electron chi connectivity index (χ0n) is 11.3. The Morgan fingerprint density at radius 2 is 2.10 bits per heavy atom. The lowest BCUT2D eigenvalue weighted by Gasteiger charge is -2.14. The summed E-state index contributed by atoms with van der Waals surface area (Å²) in [6, 6.07) is 5.91. The SMILES string of the molecule is C[C@@H](Cc1ccoc1)NC(=O)c1cccc(C(F)(F)F)c1. The molecule has 1 atom stereocenters. The summed E-state index contributed by atoms with van der Waals surface area (Å²) < 4.78 is 42.7. The van der Waals surface area contributed by atoms with Gasteiger partial charge in [0, 0.05) is 11.6 Å². The number of hydrogen-bond acceptors (Lipinski definition) is 2. The maximum atomic E-state index is 12.6. The second-order valence-corrected chi connectivity index (χ2v) is 4.79. The van der Waals surface area contributed by atoms with Crippen LogP contribution in [0.4, 0.5) is 13.2 Å². The molecule has 1 N–H and O–H groups in total. The van der Waals surface area contributed by atoms with Crippen LogP contribution in [-0.4, -0.2) is 11.9 Å². The van der Waals surface area contributed by atoms with E-state index in [1.807, 2.05) is 0 Å². The molecule has 1 aromatic carbocycles. The number of amides is 1. The summed E-state index contributed by atoms with van der Waals surface area (Å²) in [6.45, 7) is 1.78. The van der Waals surface area contributed by atoms with Crippen LogP contribution in [0.2, 0.25) is 0 Å². The Kier molecular flexibility index (Phi) is 4.35. The quantitative estimate of drug-likeness (QED) is 0.935. The van der Waals surface area contributed by atoms with Crippen LogP contribution in [0.15, 0.2) is 47.3 Å². The normalized spacial score (nSPS) is 13.0. The van der Waals surface area contributed by atoms with E-state index in [1.54, 1.807) is 19.3 Å². The molecule has 2 rings (SSSR count). The molecule has 0 saturated heterocycles. The molecule has 0 fully saturated rings. The van der Waals surface area contributed by atoms with Crippen molar-refractivity contribution >= 4 is 5.91 Å². The lowest BCUT2D eigenvalue weighted by Crippen LogP contribution is -2.34. The molecule has 0 radical (unpaired) electrons. The van der Waals surface area contributed by atoms with Gasteiger partial charge in [-0.25, -0.2) is 0 Å². The van der Waals surface area contributed by atoms with Crippen LogP contribution in [0, 0.1) is 0 Å². The van der Waals surface area contributed by atoms with Gasteiger partial charge in [-0.05, 0) is 43.2 Å². The molecule has 0 unspecified atom stereocenters. The third-order valence-electron chi connectivity index (χ3n) is 2.95. The second kappa shape index (κ2) is 6.03. The molecule has 0 spiro atoms. The number of hydrogen-bond donors (Lipinski definition) is 1. The molecular formula is C15H14F3NO2. The Morgan fingerprint density at radius 1 is 1.33 bits per heavy atom. The maximum Gasteiger partial charge on any atom is 0.416 e. The zero-order chi connectivity index (χ0) is 15.5. The minimum atomic E-state index is -4.46. The number of carbonyl (C=O) groups is 1. The number of nitrogens with one attached hydrogen (secondary N) is 1. The van der Waals surface area contributed by atoms with Gasteiger partial charge in [0.05, 0.1) is 18.1 Å². The van der Waals surface area contributed by atoms with Crippen molar-refractivity contribution in [1.29, 1.82) is 0 Å². The van der Waals surface area contributed by atoms with Gasteiger partial charge in [-0.15, -0.1) is 0 Å². The fraction of sp³-hybridized carbons (Fsp3) is 0.267. The molecule has 0 saturated carbocycles. The average Bonchev–Trinajstić information content (AvgIpc) is 2.90. The smallest absolute Gasteiger partial charge is 0.416 e. The zero-order valence-corrected chi connectivity index (χ0v) is 11.3. The van der Waals surface area contributed by atoms with E-state index in [4.69, 9.17) is 4.42 Å². The van der Waals surface area contributed by atoms with Crippen molar-refractivity contribution in [2.45, 2.75) is 25.6 Å². The predicted molar refractivity (Wildman–Crippen MR) is 70.8 cm³/mol. The Bertz CT molecular complexity index is 606. The highest BCUT2D eigenvalue weighted by Crippen LogP contribution is 2.29. The predicted octanol–water partition coefficient (Wildman–Crippen LogP) is 3.66. The first-order valence-electron chi connectivity index (χ1n) is 6.35. The van der Waals surface area contributed by atoms with Crippen LogP contribution in [0.1, 0.15) is 28.4 Å². The number of halogens is 3. The molecule has 2 aromatic rings. The Balaban J connectivity index is 2.03. The summed E-state index contributed by atoms with van der Waals surface area (Å²) in [5.74, 6) is -0.530. The van der Waals surface area contributed by atoms with Crippen molar-refractivity contribution in [3.8, 4) is 0 Å². The van der Waals surface area contributed by atoms with E-state index in [0.29, 0.717) is 6.42 Å². The number of carbonyl (C=O) groups excluding carboxylic acids is 1. The number of alkyl halides is 3. The molecule has 21 heavy (non-hydrogen) atoms. The summed E-state index contributed by atoms with van der Waals surface area (Å²) in [5.41, 5.74) is 0.0633. The van der Waals surface area contributed by atoms with E-state index in [1.165, 1.54) is 18.4 Å². The van der Waals surface area contributed by atoms with Gasteiger partial charge in [-0.3, -0.25) is 4.79 Å². The Labute approximate surface area is 119 Å². The summed E-state index contributed by atoms with van der Waals surface area (Å²) in [4.78, 5) is 12.0. The second-order valence-electron chi connectivity index (χ2n) is 4.79. The largest absolute Gasteiger partial charge is 0.472 e. The van der Waals surface area contributed by atoms with Crippen molar-refractivity contribution < 1.29 is 22.4 Å². The van der Waals surface area contributed by atoms with E-state index in [0.717, 1.165) is 17.7 Å². The van der Waals surface area contributed by atoms with Gasteiger partial charge in [-0.1, -0.05) is 6.07 Å². The standard InChI is InChI=1S/C15H14F3NO2/c1-10(7-11-5-6-21-9-11)19-14(20)12-3-2-4-13(8-12)15(16,17)18/h2-6,8-10H,7H2,1H3,(H,19,20)/t10-/m0/s1. The Hall–Kier alpha value is -2.24. The molecule has 1 amide bonds. The van der Waals surface area contributed by atoms with Crippen LogP contribution in [0.25, 0.3) is 0 Å². The third-order valence-corrected chi connectivity index (χ3v) is 2.95. The van der Waals surface area contributed by atoms with Crippen molar-refractivity contribution in [1.82, 2.24) is 5.32 Å². The topological polar surface area (TPSA) is 42.2 Å². The third kappa shape index (κ3) is 4.11. The van der Waals surface area contributed by atoms with Gasteiger partial charge in [0.2, 0.25) is 0 Å². The molecule has 6 heteroatoms. The monoisotopic (exact) mass is 297 g/mol. The number of rotatable bonds is 4. The first-order chi connectivity index (χ1) is 9.86. The van der Waals surface area contributed by atoms with E-state index >= 15 is 0 Å². The molecule has 0 bridgehead atoms. The van der Waals surface area contributed by atoms with E-state index in [2.05, 4.69) is 5.32 Å². The molecule has 112 valence electrons. The van der Waals surface area contributed by atoms with Gasteiger partial charge in [-0.2, -0.15) is 13.2 Å². The highest BCUT2D eigenvalue weighted by molar-refractivity contribution is 5.94. The van der Waals surface area contributed by atoms with Crippen molar-refractivity contribution in [3.63, 3.8) is 0 Å². The summed E-state index contributed by atoms with van der Waals surface area (Å²) in [7, 11) is 0. The molecule has 0 aliphatic heterocycles. The minimum Gasteiger partial charge on any atom is -0.472 e. The summed E-state index contributed by atoms with van der Waals surface area (Å²) in [5, 5.41) is 2.67. The van der Waals surface area contributed by atoms with Crippen molar-refractivity contribution in [2.24, 2.45) is 0 Å². The lowest BCUT2D eigenvalue weighted by molar-refractivity contribution is -0.137. The number of furan rings is 1. The number of benzene rings is 1. The van der Waals surface area contributed by atoms with Crippen LogP contribution in [0.3, 0.4) is 0 Å². The first kappa shape index (κ1) is 15.2. The summed E-state index contributed by atoms with van der Waals surface area (Å²) >= 11 is 0. The van der Waals surface area contributed by atoms with Crippen LogP contribution >= 0.6 is 0 Å². The fourth-order valence-corrected chi connectivity index (χ4v) is 1.96. The highest BCUT2D eigenvalue weighted by Gasteiger charge is 2.30. The summed E-state index contributed by atoms with van der Waals surface area (Å²) in [6.07, 6.45) is -0.830. The van der Waals surface area contributed by atoms with E-state index in [9.17, 15) is 18.0 Å². The van der Waals surface area contributed by atoms with Gasteiger partial charge in [0.1, 0.15) is 0 Å². The van der Waals surface area contributed by atoms with E-state index < -0.39 is 17.6 Å².